The van der Waals surface area contributed by atoms with E-state index in [0.717, 1.165) is 0 Å². The van der Waals surface area contributed by atoms with Crippen LogP contribution in [-0.4, -0.2) is 67.9 Å². The summed E-state index contributed by atoms with van der Waals surface area (Å²) in [4.78, 5) is 15.8. The van der Waals surface area contributed by atoms with Crippen LogP contribution in [0.15, 0.2) is 36.7 Å². The summed E-state index contributed by atoms with van der Waals surface area (Å²) in [6.45, 7) is 17.5. The van der Waals surface area contributed by atoms with Gasteiger partial charge in [-0.3, -0.25) is 4.79 Å². The molecule has 2 N–H and O–H groups in total. The number of rotatable bonds is 8. The van der Waals surface area contributed by atoms with E-state index in [1.807, 2.05) is 18.2 Å². The van der Waals surface area contributed by atoms with Gasteiger partial charge in [0.15, 0.2) is 12.3 Å². The molecule has 0 aliphatic carbocycles. The highest BCUT2D eigenvalue weighted by Crippen LogP contribution is 2.48. The number of carbonyl (C=O) groups is 1. The molecular weight excluding hydrogens is 581 g/mol. The van der Waals surface area contributed by atoms with Gasteiger partial charge in [0.2, 0.25) is 5.82 Å². The van der Waals surface area contributed by atoms with Crippen LogP contribution in [0.4, 0.5) is 0 Å². The Bertz CT molecular complexity index is 1200. The second kappa shape index (κ2) is 12.6. The van der Waals surface area contributed by atoms with Crippen LogP contribution >= 0.6 is 12.2 Å². The summed E-state index contributed by atoms with van der Waals surface area (Å²) < 4.78 is 41.4. The Kier molecular flexibility index (Phi) is 9.73. The van der Waals surface area contributed by atoms with Crippen LogP contribution in [0.3, 0.4) is 0 Å². The van der Waals surface area contributed by atoms with E-state index in [1.54, 1.807) is 12.1 Å². The van der Waals surface area contributed by atoms with Gasteiger partial charge in [-0.25, -0.2) is 9.67 Å². The summed E-state index contributed by atoms with van der Waals surface area (Å²) in [7, 11) is -5.79. The van der Waals surface area contributed by atoms with Crippen molar-refractivity contribution in [3.8, 4) is 5.75 Å². The Balaban J connectivity index is 1.77. The normalized spacial score (nSPS) is 25.7. The molecule has 14 heteroatoms. The van der Waals surface area contributed by atoms with Crippen molar-refractivity contribution >= 4 is 40.5 Å². The Morgan fingerprint density at radius 3 is 2.17 bits per heavy atom. The van der Waals surface area contributed by atoms with Gasteiger partial charge in [0.25, 0.3) is 5.91 Å². The molecular formula is C27H42N4O7SSi2. The monoisotopic (exact) mass is 622 g/mol. The van der Waals surface area contributed by atoms with Gasteiger partial charge >= 0.3 is 22.4 Å². The van der Waals surface area contributed by atoms with Crippen molar-refractivity contribution in [3.05, 3.63) is 42.5 Å². The smallest absolute Gasteiger partial charge is 0.358 e. The van der Waals surface area contributed by atoms with E-state index >= 15 is 0 Å². The second-order valence-corrected chi connectivity index (χ2v) is 21.0. The summed E-state index contributed by atoms with van der Waals surface area (Å²) in [5.74, 6) is -0.361. The van der Waals surface area contributed by atoms with Gasteiger partial charge in [-0.1, -0.05) is 73.6 Å². The number of aromatic nitrogens is 3. The van der Waals surface area contributed by atoms with E-state index in [1.165, 1.54) is 11.0 Å². The number of hydrogen-bond donors (Lipinski definition) is 1. The quantitative estimate of drug-likeness (QED) is 0.318. The fourth-order valence-electron chi connectivity index (χ4n) is 5.69. The molecule has 11 nitrogen and oxygen atoms in total. The standard InChI is InChI=1S/C27H42N4O7SSi2/c1-16(2)40(17(3)4)33-14-21-22(37-41(38-40,18(5)6)19(7)8)23(36-27(39)34-20-12-10-9-11-13-20)26(35-21)31-15-29-25(30-31)24(28)32/h9-13,15-19,21-23,26H,14H2,1-8H3,(H2,28,32)/t21-,22-,23-,26-/m0/s1. The summed E-state index contributed by atoms with van der Waals surface area (Å²) in [6.07, 6.45) is -1.47. The third-order valence-corrected chi connectivity index (χ3v) is 18.2. The van der Waals surface area contributed by atoms with Gasteiger partial charge in [0.05, 0.1) is 6.61 Å². The average molecular weight is 623 g/mol. The van der Waals surface area contributed by atoms with Gasteiger partial charge < -0.3 is 32.9 Å². The number of para-hydroxylation sites is 1. The Morgan fingerprint density at radius 2 is 1.63 bits per heavy atom. The largest absolute Gasteiger partial charge is 0.446 e. The molecule has 3 heterocycles. The number of nitrogens with zero attached hydrogens (tertiary/aromatic N) is 3. The van der Waals surface area contributed by atoms with Crippen LogP contribution in [0.5, 0.6) is 5.75 Å². The first-order valence-electron chi connectivity index (χ1n) is 14.1. The van der Waals surface area contributed by atoms with Crippen molar-refractivity contribution in [3.63, 3.8) is 0 Å². The molecule has 0 spiro atoms. The molecule has 2 aliphatic rings. The van der Waals surface area contributed by atoms with Gasteiger partial charge in [-0.2, -0.15) is 0 Å². The van der Waals surface area contributed by atoms with Gasteiger partial charge in [-0.05, 0) is 34.3 Å². The molecule has 0 bridgehead atoms. The number of benzene rings is 1. The number of fused-ring (bicyclic) bond motifs is 1. The van der Waals surface area contributed by atoms with Crippen LogP contribution in [-0.2, 0) is 22.4 Å². The van der Waals surface area contributed by atoms with Crippen LogP contribution in [0.2, 0.25) is 22.2 Å². The lowest BCUT2D eigenvalue weighted by molar-refractivity contribution is -0.0629. The molecule has 0 radical (unpaired) electrons. The number of nitrogens with two attached hydrogens (primary N) is 1. The molecule has 226 valence electrons. The first kappa shape index (κ1) is 31.7. The molecule has 2 fully saturated rings. The average Bonchev–Trinajstić information content (AvgIpc) is 3.49. The number of primary amides is 1. The predicted octanol–water partition coefficient (Wildman–Crippen LogP) is 4.98. The van der Waals surface area contributed by atoms with E-state index < -0.39 is 47.6 Å². The fraction of sp³-hybridized carbons (Fsp3) is 0.630. The Morgan fingerprint density at radius 1 is 1.02 bits per heavy atom. The molecule has 0 unspecified atom stereocenters. The van der Waals surface area contributed by atoms with Crippen LogP contribution in [0.25, 0.3) is 0 Å². The SMILES string of the molecule is CC(C)[Si]1(C(C)C)OC[C@@H]2O[C@H](n3cnc(C(N)=O)n3)[C@@H](OC(=S)Oc3ccccc3)[C@H]2O[Si](C(C)C)(C(C)C)O1. The zero-order valence-corrected chi connectivity index (χ0v) is 27.8. The summed E-state index contributed by atoms with van der Waals surface area (Å²) in [5.41, 5.74) is 5.97. The van der Waals surface area contributed by atoms with Crippen LogP contribution in [0, 0.1) is 0 Å². The maximum atomic E-state index is 11.8. The summed E-state index contributed by atoms with van der Waals surface area (Å²) in [5, 5.41) is 4.16. The molecule has 2 aromatic rings. The number of ether oxygens (including phenoxy) is 3. The number of carbonyl (C=O) groups excluding carboxylic acids is 1. The zero-order valence-electron chi connectivity index (χ0n) is 25.0. The molecule has 1 aromatic carbocycles. The van der Waals surface area contributed by atoms with E-state index in [2.05, 4.69) is 65.5 Å². The predicted molar refractivity (Wildman–Crippen MR) is 161 cm³/mol. The summed E-state index contributed by atoms with van der Waals surface area (Å²) >= 11 is 5.52. The molecule has 41 heavy (non-hydrogen) atoms. The molecule has 0 saturated carbocycles. The Hall–Kier alpha value is -2.21. The minimum atomic E-state index is -3.00. The van der Waals surface area contributed by atoms with Crippen LogP contribution < -0.4 is 10.5 Å². The van der Waals surface area contributed by atoms with Crippen molar-refractivity contribution in [2.24, 2.45) is 5.73 Å². The zero-order chi connectivity index (χ0) is 30.1. The lowest BCUT2D eigenvalue weighted by Crippen LogP contribution is -2.66. The van der Waals surface area contributed by atoms with Gasteiger partial charge in [-0.15, -0.1) is 5.10 Å². The first-order chi connectivity index (χ1) is 19.3. The van der Waals surface area contributed by atoms with Gasteiger partial charge in [0, 0.05) is 12.2 Å². The summed E-state index contributed by atoms with van der Waals surface area (Å²) in [6, 6.07) is 9.12. The third-order valence-electron chi connectivity index (χ3n) is 7.78. The van der Waals surface area contributed by atoms with Crippen LogP contribution in [0.1, 0.15) is 72.2 Å². The van der Waals surface area contributed by atoms with Crippen molar-refractivity contribution in [2.75, 3.05) is 6.61 Å². The molecule has 2 aliphatic heterocycles. The van der Waals surface area contributed by atoms with E-state index in [-0.39, 0.29) is 39.8 Å². The van der Waals surface area contributed by atoms with Crippen molar-refractivity contribution in [2.45, 2.75) is 102 Å². The maximum Gasteiger partial charge on any atom is 0.358 e. The van der Waals surface area contributed by atoms with Gasteiger partial charge in [0.1, 0.15) is 24.3 Å². The molecule has 1 amide bonds. The number of amides is 1. The minimum Gasteiger partial charge on any atom is -0.446 e. The Labute approximate surface area is 249 Å². The highest BCUT2D eigenvalue weighted by atomic mass is 32.1. The lowest BCUT2D eigenvalue weighted by Gasteiger charge is -2.51. The van der Waals surface area contributed by atoms with E-state index in [0.29, 0.717) is 5.75 Å². The number of thiocarbonyl (C=S) groups is 1. The van der Waals surface area contributed by atoms with E-state index in [4.69, 9.17) is 45.1 Å². The van der Waals surface area contributed by atoms with Crippen molar-refractivity contribution in [1.82, 2.24) is 14.8 Å². The highest BCUT2D eigenvalue weighted by Gasteiger charge is 2.62. The lowest BCUT2D eigenvalue weighted by atomic mass is 10.1. The topological polar surface area (TPSA) is 129 Å². The fourth-order valence-corrected chi connectivity index (χ4v) is 17.1. The maximum absolute atomic E-state index is 11.8. The second-order valence-electron chi connectivity index (χ2n) is 11.8. The van der Waals surface area contributed by atoms with Crippen molar-refractivity contribution < 1.29 is 32.0 Å². The third kappa shape index (κ3) is 6.28. The molecule has 4 rings (SSSR count). The molecule has 1 aromatic heterocycles. The van der Waals surface area contributed by atoms with Crippen molar-refractivity contribution in [1.29, 1.82) is 0 Å². The first-order valence-corrected chi connectivity index (χ1v) is 18.5. The van der Waals surface area contributed by atoms with E-state index in [9.17, 15) is 4.79 Å². The minimum absolute atomic E-state index is 0.0919. The molecule has 4 atom stereocenters. The molecule has 2 saturated heterocycles. The number of hydrogen-bond acceptors (Lipinski definition) is 10. The highest BCUT2D eigenvalue weighted by molar-refractivity contribution is 7.79.